The maximum atomic E-state index is 10.6. The zero-order chi connectivity index (χ0) is 21.6. The number of phenols is 1. The van der Waals surface area contributed by atoms with Crippen molar-refractivity contribution < 1.29 is 24.5 Å². The van der Waals surface area contributed by atoms with Crippen LogP contribution in [0.1, 0.15) is 17.0 Å². The lowest BCUT2D eigenvalue weighted by Crippen LogP contribution is -2.06. The van der Waals surface area contributed by atoms with E-state index < -0.39 is 5.97 Å². The Balaban J connectivity index is 1.50. The number of benzene rings is 3. The van der Waals surface area contributed by atoms with Crippen molar-refractivity contribution in [3.05, 3.63) is 83.7 Å². The topological polar surface area (TPSA) is 105 Å². The Hall–Kier alpha value is -3.68. The van der Waals surface area contributed by atoms with Crippen LogP contribution in [0.3, 0.4) is 0 Å². The molecule has 31 heavy (non-hydrogen) atoms. The van der Waals surface area contributed by atoms with Crippen LogP contribution in [0.2, 0.25) is 0 Å². The van der Waals surface area contributed by atoms with Crippen LogP contribution in [0.4, 0.5) is 0 Å². The van der Waals surface area contributed by atoms with Crippen LogP contribution in [0.5, 0.6) is 5.75 Å². The van der Waals surface area contributed by atoms with Crippen LogP contribution in [0, 0.1) is 0 Å². The fourth-order valence-electron chi connectivity index (χ4n) is 3.30. The SMILES string of the molecule is O=C(O)COCc1ccc(-c2ccc(O)c3[nH]c(COCc4ccccc4)nc23)cc1. The van der Waals surface area contributed by atoms with Crippen molar-refractivity contribution >= 4 is 17.0 Å². The molecule has 0 unspecified atom stereocenters. The number of fused-ring (bicyclic) bond motifs is 1. The number of aliphatic carboxylic acids is 1. The number of nitrogens with one attached hydrogen (secondary N) is 1. The summed E-state index contributed by atoms with van der Waals surface area (Å²) >= 11 is 0. The number of hydrogen-bond acceptors (Lipinski definition) is 5. The van der Waals surface area contributed by atoms with Crippen molar-refractivity contribution in [2.24, 2.45) is 0 Å². The van der Waals surface area contributed by atoms with E-state index in [-0.39, 0.29) is 19.0 Å². The quantitative estimate of drug-likeness (QED) is 0.375. The first kappa shape index (κ1) is 20.6. The maximum Gasteiger partial charge on any atom is 0.329 e. The molecule has 0 fully saturated rings. The van der Waals surface area contributed by atoms with Gasteiger partial charge in [0, 0.05) is 5.56 Å². The van der Waals surface area contributed by atoms with Crippen molar-refractivity contribution in [2.45, 2.75) is 19.8 Å². The van der Waals surface area contributed by atoms with Gasteiger partial charge in [-0.05, 0) is 28.8 Å². The number of H-pyrrole nitrogens is 1. The number of imidazole rings is 1. The minimum absolute atomic E-state index is 0.124. The number of carboxylic acids is 1. The molecule has 0 radical (unpaired) electrons. The Labute approximate surface area is 178 Å². The fraction of sp³-hybridized carbons (Fsp3) is 0.167. The highest BCUT2D eigenvalue weighted by Gasteiger charge is 2.13. The molecule has 3 aromatic carbocycles. The van der Waals surface area contributed by atoms with Gasteiger partial charge in [0.25, 0.3) is 0 Å². The molecule has 4 aromatic rings. The summed E-state index contributed by atoms with van der Waals surface area (Å²) in [5.74, 6) is -0.239. The van der Waals surface area contributed by atoms with E-state index in [4.69, 9.17) is 14.6 Å². The third-order valence-electron chi connectivity index (χ3n) is 4.78. The average Bonchev–Trinajstić information content (AvgIpc) is 3.20. The molecule has 0 saturated carbocycles. The maximum absolute atomic E-state index is 10.6. The van der Waals surface area contributed by atoms with Gasteiger partial charge in [0.1, 0.15) is 35.8 Å². The van der Waals surface area contributed by atoms with Gasteiger partial charge in [-0.15, -0.1) is 0 Å². The van der Waals surface area contributed by atoms with Crippen LogP contribution in [0.25, 0.3) is 22.2 Å². The second-order valence-corrected chi connectivity index (χ2v) is 7.10. The molecule has 1 aromatic heterocycles. The molecule has 0 saturated heterocycles. The zero-order valence-electron chi connectivity index (χ0n) is 16.7. The van der Waals surface area contributed by atoms with Crippen molar-refractivity contribution in [3.8, 4) is 16.9 Å². The van der Waals surface area contributed by atoms with Gasteiger partial charge in [-0.25, -0.2) is 9.78 Å². The summed E-state index contributed by atoms with van der Waals surface area (Å²) < 4.78 is 10.9. The van der Waals surface area contributed by atoms with Gasteiger partial charge in [-0.2, -0.15) is 0 Å². The predicted molar refractivity (Wildman–Crippen MR) is 115 cm³/mol. The standard InChI is InChI=1S/C24H22N2O5/c27-20-11-10-19(18-8-6-17(7-9-18)13-31-15-22(28)29)23-24(20)26-21(25-23)14-30-12-16-4-2-1-3-5-16/h1-11,27H,12-15H2,(H,25,26)(H,28,29). The predicted octanol–water partition coefficient (Wildman–Crippen LogP) is 4.25. The Morgan fingerprint density at radius 1 is 0.871 bits per heavy atom. The summed E-state index contributed by atoms with van der Waals surface area (Å²) in [6.07, 6.45) is 0. The zero-order valence-corrected chi connectivity index (χ0v) is 16.7. The van der Waals surface area contributed by atoms with E-state index in [1.807, 2.05) is 60.7 Å². The number of carboxylic acid groups (broad SMARTS) is 1. The molecule has 0 aliphatic rings. The molecule has 0 amide bonds. The summed E-state index contributed by atoms with van der Waals surface area (Å²) in [6, 6.07) is 21.0. The summed E-state index contributed by atoms with van der Waals surface area (Å²) in [4.78, 5) is 18.3. The second kappa shape index (κ2) is 9.42. The molecule has 0 aliphatic heterocycles. The molecular formula is C24H22N2O5. The number of carbonyl (C=O) groups is 1. The molecular weight excluding hydrogens is 396 g/mol. The highest BCUT2D eigenvalue weighted by molar-refractivity contribution is 5.95. The van der Waals surface area contributed by atoms with E-state index >= 15 is 0 Å². The van der Waals surface area contributed by atoms with Crippen LogP contribution in [-0.4, -0.2) is 32.8 Å². The first-order valence-electron chi connectivity index (χ1n) is 9.81. The highest BCUT2D eigenvalue weighted by Crippen LogP contribution is 2.32. The first-order valence-corrected chi connectivity index (χ1v) is 9.81. The molecule has 7 heteroatoms. The van der Waals surface area contributed by atoms with E-state index in [0.717, 1.165) is 22.3 Å². The summed E-state index contributed by atoms with van der Waals surface area (Å²) in [6.45, 7) is 0.663. The van der Waals surface area contributed by atoms with E-state index in [1.165, 1.54) is 0 Å². The lowest BCUT2D eigenvalue weighted by molar-refractivity contribution is -0.142. The molecule has 0 atom stereocenters. The Bertz CT molecular complexity index is 1170. The van der Waals surface area contributed by atoms with E-state index in [1.54, 1.807) is 6.07 Å². The van der Waals surface area contributed by atoms with Gasteiger partial charge < -0.3 is 24.7 Å². The van der Waals surface area contributed by atoms with Crippen LogP contribution < -0.4 is 0 Å². The van der Waals surface area contributed by atoms with Crippen molar-refractivity contribution in [2.75, 3.05) is 6.61 Å². The minimum atomic E-state index is -0.995. The molecule has 4 rings (SSSR count). The van der Waals surface area contributed by atoms with Crippen molar-refractivity contribution in [3.63, 3.8) is 0 Å². The molecule has 7 nitrogen and oxygen atoms in total. The summed E-state index contributed by atoms with van der Waals surface area (Å²) in [5.41, 5.74) is 4.97. The normalized spacial score (nSPS) is 11.1. The van der Waals surface area contributed by atoms with Gasteiger partial charge in [0.05, 0.1) is 13.2 Å². The molecule has 0 aliphatic carbocycles. The van der Waals surface area contributed by atoms with Crippen LogP contribution >= 0.6 is 0 Å². The largest absolute Gasteiger partial charge is 0.506 e. The number of phenolic OH excluding ortho intramolecular Hbond substituents is 1. The number of rotatable bonds is 9. The number of ether oxygens (including phenoxy) is 2. The summed E-state index contributed by atoms with van der Waals surface area (Å²) in [7, 11) is 0. The third-order valence-corrected chi connectivity index (χ3v) is 4.78. The molecule has 158 valence electrons. The number of aromatic hydroxyl groups is 1. The first-order chi connectivity index (χ1) is 15.1. The van der Waals surface area contributed by atoms with Gasteiger partial charge >= 0.3 is 5.97 Å². The van der Waals surface area contributed by atoms with E-state index in [9.17, 15) is 9.90 Å². The third kappa shape index (κ3) is 5.09. The van der Waals surface area contributed by atoms with Crippen molar-refractivity contribution in [1.82, 2.24) is 9.97 Å². The van der Waals surface area contributed by atoms with Gasteiger partial charge in [0.15, 0.2) is 0 Å². The van der Waals surface area contributed by atoms with Gasteiger partial charge in [-0.1, -0.05) is 54.6 Å². The monoisotopic (exact) mass is 418 g/mol. The van der Waals surface area contributed by atoms with Crippen LogP contribution in [0.15, 0.2) is 66.7 Å². The lowest BCUT2D eigenvalue weighted by Gasteiger charge is -2.06. The minimum Gasteiger partial charge on any atom is -0.506 e. The fourth-order valence-corrected chi connectivity index (χ4v) is 3.30. The lowest BCUT2D eigenvalue weighted by atomic mass is 10.0. The highest BCUT2D eigenvalue weighted by atomic mass is 16.5. The Kier molecular flexibility index (Phi) is 6.26. The summed E-state index contributed by atoms with van der Waals surface area (Å²) in [5, 5.41) is 18.9. The van der Waals surface area contributed by atoms with Gasteiger partial charge in [-0.3, -0.25) is 0 Å². The van der Waals surface area contributed by atoms with Crippen molar-refractivity contribution in [1.29, 1.82) is 0 Å². The number of hydrogen-bond donors (Lipinski definition) is 3. The Morgan fingerprint density at radius 3 is 2.32 bits per heavy atom. The number of nitrogens with zero attached hydrogens (tertiary/aromatic N) is 1. The van der Waals surface area contributed by atoms with Crippen LogP contribution in [-0.2, 0) is 34.1 Å². The number of aromatic nitrogens is 2. The smallest absolute Gasteiger partial charge is 0.329 e. The Morgan fingerprint density at radius 2 is 1.58 bits per heavy atom. The molecule has 1 heterocycles. The van der Waals surface area contributed by atoms with Gasteiger partial charge in [0.2, 0.25) is 0 Å². The molecule has 0 spiro atoms. The second-order valence-electron chi connectivity index (χ2n) is 7.10. The molecule has 3 N–H and O–H groups in total. The van der Waals surface area contributed by atoms with E-state index in [2.05, 4.69) is 9.97 Å². The number of aromatic amines is 1. The average molecular weight is 418 g/mol. The van der Waals surface area contributed by atoms with E-state index in [0.29, 0.717) is 30.1 Å². The molecule has 0 bridgehead atoms.